The number of carbonyl (C=O) groups is 1. The number of nitrogens with one attached hydrogen (secondary N) is 1. The van der Waals surface area contributed by atoms with Crippen molar-refractivity contribution in [1.29, 1.82) is 0 Å². The van der Waals surface area contributed by atoms with Gasteiger partial charge in [0.2, 0.25) is 5.88 Å². The molecule has 2 atom stereocenters. The van der Waals surface area contributed by atoms with Crippen LogP contribution in [0.25, 0.3) is 21.7 Å². The summed E-state index contributed by atoms with van der Waals surface area (Å²) in [7, 11) is 0. The molecular weight excluding hydrogens is 332 g/mol. The Morgan fingerprint density at radius 3 is 3.08 bits per heavy atom. The van der Waals surface area contributed by atoms with Crippen molar-refractivity contribution >= 4 is 27.5 Å². The number of rotatable bonds is 4. The molecule has 9 heteroatoms. The molecule has 24 heavy (non-hydrogen) atoms. The highest BCUT2D eigenvalue weighted by Gasteiger charge is 2.31. The van der Waals surface area contributed by atoms with Gasteiger partial charge in [0.15, 0.2) is 11.5 Å². The second-order valence-corrected chi connectivity index (χ2v) is 6.50. The summed E-state index contributed by atoms with van der Waals surface area (Å²) in [5.74, 6) is 0.673. The summed E-state index contributed by atoms with van der Waals surface area (Å²) in [6, 6.07) is 3.06. The predicted molar refractivity (Wildman–Crippen MR) is 86.1 cm³/mol. The van der Waals surface area contributed by atoms with Gasteiger partial charge in [-0.25, -0.2) is 4.98 Å². The monoisotopic (exact) mass is 346 g/mol. The molecule has 124 valence electrons. The highest BCUT2D eigenvalue weighted by Crippen LogP contribution is 2.31. The molecule has 4 heterocycles. The van der Waals surface area contributed by atoms with E-state index in [1.807, 2.05) is 11.4 Å². The summed E-state index contributed by atoms with van der Waals surface area (Å²) >= 11 is 1.48. The number of aromatic nitrogens is 3. The van der Waals surface area contributed by atoms with Crippen LogP contribution in [-0.4, -0.2) is 44.9 Å². The number of nitrogens with zero attached hydrogens (tertiary/aromatic N) is 3. The molecule has 1 aliphatic heterocycles. The average Bonchev–Trinajstić information content (AvgIpc) is 3.26. The maximum Gasteiger partial charge on any atom is 0.320 e. The number of hydrogen-bond acceptors (Lipinski definition) is 8. The van der Waals surface area contributed by atoms with E-state index in [0.717, 1.165) is 10.2 Å². The molecule has 2 N–H and O–H groups in total. The zero-order valence-corrected chi connectivity index (χ0v) is 13.5. The zero-order valence-electron chi connectivity index (χ0n) is 12.7. The highest BCUT2D eigenvalue weighted by atomic mass is 32.1. The third-order valence-electron chi connectivity index (χ3n) is 3.80. The molecule has 4 rings (SSSR count). The van der Waals surface area contributed by atoms with Crippen molar-refractivity contribution in [1.82, 2.24) is 20.4 Å². The van der Waals surface area contributed by atoms with Gasteiger partial charge in [-0.1, -0.05) is 5.16 Å². The fourth-order valence-corrected chi connectivity index (χ4v) is 3.40. The van der Waals surface area contributed by atoms with Crippen LogP contribution < -0.4 is 10.1 Å². The lowest BCUT2D eigenvalue weighted by Crippen LogP contribution is -2.30. The minimum atomic E-state index is -0.871. The molecule has 0 aromatic carbocycles. The van der Waals surface area contributed by atoms with Crippen molar-refractivity contribution in [3.8, 4) is 17.4 Å². The smallest absolute Gasteiger partial charge is 0.320 e. The van der Waals surface area contributed by atoms with Crippen LogP contribution in [0, 0.1) is 6.92 Å². The number of aliphatic carboxylic acids is 1. The lowest BCUT2D eigenvalue weighted by atomic mass is 10.2. The second kappa shape index (κ2) is 5.84. The minimum Gasteiger partial charge on any atom is -0.480 e. The Labute approximate surface area is 140 Å². The quantitative estimate of drug-likeness (QED) is 0.736. The SMILES string of the molecule is Cc1cc(-c2nc(O[C@H]3CN[C@H](C(=O)O)C3)c3sccc3n2)no1. The van der Waals surface area contributed by atoms with E-state index in [2.05, 4.69) is 20.4 Å². The summed E-state index contributed by atoms with van der Waals surface area (Å²) < 4.78 is 11.9. The summed E-state index contributed by atoms with van der Waals surface area (Å²) in [5.41, 5.74) is 1.31. The first-order chi connectivity index (χ1) is 11.6. The van der Waals surface area contributed by atoms with Crippen LogP contribution >= 0.6 is 11.3 Å². The third kappa shape index (κ3) is 2.72. The predicted octanol–water partition coefficient (Wildman–Crippen LogP) is 1.85. The summed E-state index contributed by atoms with van der Waals surface area (Å²) in [6.07, 6.45) is 0.142. The highest BCUT2D eigenvalue weighted by molar-refractivity contribution is 7.17. The van der Waals surface area contributed by atoms with E-state index in [1.54, 1.807) is 13.0 Å². The Balaban J connectivity index is 1.67. The topological polar surface area (TPSA) is 110 Å². The molecule has 0 unspecified atom stereocenters. The molecule has 1 aliphatic rings. The number of carboxylic acids is 1. The van der Waals surface area contributed by atoms with E-state index < -0.39 is 12.0 Å². The number of carboxylic acid groups (broad SMARTS) is 1. The largest absolute Gasteiger partial charge is 0.480 e. The molecular formula is C15H14N4O4S. The van der Waals surface area contributed by atoms with E-state index in [-0.39, 0.29) is 6.10 Å². The fourth-order valence-electron chi connectivity index (χ4n) is 2.64. The Morgan fingerprint density at radius 2 is 2.38 bits per heavy atom. The average molecular weight is 346 g/mol. The van der Waals surface area contributed by atoms with E-state index in [9.17, 15) is 4.79 Å². The molecule has 1 fully saturated rings. The number of hydrogen-bond donors (Lipinski definition) is 2. The van der Waals surface area contributed by atoms with Gasteiger partial charge in [0, 0.05) is 19.0 Å². The van der Waals surface area contributed by atoms with Crippen molar-refractivity contribution in [2.75, 3.05) is 6.54 Å². The van der Waals surface area contributed by atoms with Gasteiger partial charge in [0.05, 0.1) is 5.52 Å². The molecule has 3 aromatic rings. The first kappa shape index (κ1) is 15.0. The van der Waals surface area contributed by atoms with Gasteiger partial charge in [0.1, 0.15) is 22.6 Å². The first-order valence-corrected chi connectivity index (χ1v) is 8.30. The van der Waals surface area contributed by atoms with Crippen LogP contribution in [0.3, 0.4) is 0 Å². The van der Waals surface area contributed by atoms with Crippen LogP contribution in [-0.2, 0) is 4.79 Å². The van der Waals surface area contributed by atoms with Crippen molar-refractivity contribution in [2.24, 2.45) is 0 Å². The number of ether oxygens (including phenoxy) is 1. The van der Waals surface area contributed by atoms with Crippen LogP contribution in [0.4, 0.5) is 0 Å². The summed E-state index contributed by atoms with van der Waals surface area (Å²) in [5, 5.41) is 17.9. The maximum absolute atomic E-state index is 11.1. The zero-order chi connectivity index (χ0) is 16.7. The van der Waals surface area contributed by atoms with E-state index >= 15 is 0 Å². The molecule has 1 saturated heterocycles. The Kier molecular flexibility index (Phi) is 3.66. The van der Waals surface area contributed by atoms with Crippen molar-refractivity contribution < 1.29 is 19.2 Å². The molecule has 0 aliphatic carbocycles. The van der Waals surface area contributed by atoms with Crippen LogP contribution in [0.5, 0.6) is 5.88 Å². The molecule has 8 nitrogen and oxygen atoms in total. The van der Waals surface area contributed by atoms with E-state index in [1.165, 1.54) is 11.3 Å². The Hall–Kier alpha value is -2.52. The third-order valence-corrected chi connectivity index (χ3v) is 4.69. The Morgan fingerprint density at radius 1 is 1.50 bits per heavy atom. The Bertz CT molecular complexity index is 906. The summed E-state index contributed by atoms with van der Waals surface area (Å²) in [4.78, 5) is 20.0. The lowest BCUT2D eigenvalue weighted by molar-refractivity contribution is -0.139. The number of aryl methyl sites for hydroxylation is 1. The van der Waals surface area contributed by atoms with E-state index in [4.69, 9.17) is 14.4 Å². The standard InChI is InChI=1S/C15H14N4O4S/c1-7-4-10(19-23-7)13-17-9-2-3-24-12(9)14(18-13)22-8-5-11(15(20)21)16-6-8/h2-4,8,11,16H,5-6H2,1H3,(H,20,21)/t8-,11+/m1/s1. The van der Waals surface area contributed by atoms with Gasteiger partial charge in [-0.3, -0.25) is 4.79 Å². The van der Waals surface area contributed by atoms with Gasteiger partial charge in [0.25, 0.3) is 0 Å². The molecule has 0 bridgehead atoms. The van der Waals surface area contributed by atoms with Crippen molar-refractivity contribution in [2.45, 2.75) is 25.5 Å². The first-order valence-electron chi connectivity index (χ1n) is 7.42. The molecule has 0 radical (unpaired) electrons. The summed E-state index contributed by atoms with van der Waals surface area (Å²) in [6.45, 7) is 2.26. The molecule has 0 spiro atoms. The van der Waals surface area contributed by atoms with Crippen molar-refractivity contribution in [3.05, 3.63) is 23.3 Å². The number of thiophene rings is 1. The molecule has 0 amide bonds. The van der Waals surface area contributed by atoms with E-state index in [0.29, 0.717) is 36.1 Å². The minimum absolute atomic E-state index is 0.252. The van der Waals surface area contributed by atoms with Gasteiger partial charge >= 0.3 is 5.97 Å². The van der Waals surface area contributed by atoms with Crippen LogP contribution in [0.2, 0.25) is 0 Å². The van der Waals surface area contributed by atoms with Gasteiger partial charge in [-0.2, -0.15) is 4.98 Å². The van der Waals surface area contributed by atoms with Gasteiger partial charge < -0.3 is 19.7 Å². The number of fused-ring (bicyclic) bond motifs is 1. The second-order valence-electron chi connectivity index (χ2n) is 5.58. The van der Waals surface area contributed by atoms with Gasteiger partial charge in [-0.05, 0) is 18.4 Å². The van der Waals surface area contributed by atoms with Crippen LogP contribution in [0.15, 0.2) is 22.0 Å². The fraction of sp³-hybridized carbons (Fsp3) is 0.333. The normalized spacial score (nSPS) is 20.5. The molecule has 3 aromatic heterocycles. The lowest BCUT2D eigenvalue weighted by Gasteiger charge is -2.12. The van der Waals surface area contributed by atoms with Crippen LogP contribution in [0.1, 0.15) is 12.2 Å². The molecule has 0 saturated carbocycles. The van der Waals surface area contributed by atoms with Crippen molar-refractivity contribution in [3.63, 3.8) is 0 Å². The van der Waals surface area contributed by atoms with Gasteiger partial charge in [-0.15, -0.1) is 11.3 Å². The maximum atomic E-state index is 11.1.